The summed E-state index contributed by atoms with van der Waals surface area (Å²) in [5.74, 6) is 0.118. The average Bonchev–Trinajstić information content (AvgIpc) is 3.48. The number of aliphatic hydroxyl groups excluding tert-OH is 5. The predicted molar refractivity (Wildman–Crippen MR) is 140 cm³/mol. The van der Waals surface area contributed by atoms with Gasteiger partial charge in [0, 0.05) is 0 Å². The fraction of sp³-hybridized carbons (Fsp3) is 0.737. The summed E-state index contributed by atoms with van der Waals surface area (Å²) in [7, 11) is -2.17. The molecule has 0 bridgehead atoms. The number of imidazole rings is 1. The fourth-order valence-corrected chi connectivity index (χ4v) is 7.74. The van der Waals surface area contributed by atoms with Crippen molar-refractivity contribution >= 4 is 43.9 Å². The van der Waals surface area contributed by atoms with Crippen LogP contribution in [0.3, 0.4) is 0 Å². The number of nitrogens with two attached hydrogens (primary N) is 1. The number of alkyl halides is 1. The molecule has 4 heterocycles. The normalized spacial score (nSPS) is 35.7. The molecule has 0 radical (unpaired) electrons. The van der Waals surface area contributed by atoms with Gasteiger partial charge in [0.1, 0.15) is 48.5 Å². The Morgan fingerprint density at radius 1 is 1.14 bits per heavy atom. The average molecular weight is 664 g/mol. The van der Waals surface area contributed by atoms with Crippen molar-refractivity contribution in [1.29, 1.82) is 0 Å². The Balaban J connectivity index is 1.42. The van der Waals surface area contributed by atoms with Gasteiger partial charge in [-0.05, 0) is 14.1 Å². The Bertz CT molecular complexity index is 1350. The van der Waals surface area contributed by atoms with Crippen LogP contribution in [0.2, 0.25) is 0 Å². The number of nitrogens with zero attached hydrogens (tertiary/aromatic N) is 5. The Morgan fingerprint density at radius 3 is 2.48 bits per heavy atom. The number of fused-ring (bicyclic) bond motifs is 1. The van der Waals surface area contributed by atoms with Gasteiger partial charge in [-0.3, -0.25) is 18.5 Å². The van der Waals surface area contributed by atoms with Crippen LogP contribution in [0.1, 0.15) is 6.23 Å². The lowest BCUT2D eigenvalue weighted by molar-refractivity contribution is -0.287. The van der Waals surface area contributed by atoms with Gasteiger partial charge in [0.25, 0.3) is 0 Å². The first-order valence-electron chi connectivity index (χ1n) is 12.1. The van der Waals surface area contributed by atoms with Gasteiger partial charge in [0.05, 0.1) is 25.6 Å². The molecule has 2 fully saturated rings. The number of aliphatic hydroxyl groups is 5. The van der Waals surface area contributed by atoms with Crippen molar-refractivity contribution in [2.24, 2.45) is 0 Å². The van der Waals surface area contributed by atoms with Crippen molar-refractivity contribution in [3.8, 4) is 0 Å². The molecule has 7 unspecified atom stereocenters. The Morgan fingerprint density at radius 2 is 1.83 bits per heavy atom. The van der Waals surface area contributed by atoms with Gasteiger partial charge >= 0.3 is 14.6 Å². The molecule has 0 aromatic carbocycles. The third-order valence-electron chi connectivity index (χ3n) is 6.58. The highest BCUT2D eigenvalue weighted by Crippen LogP contribution is 2.66. The van der Waals surface area contributed by atoms with E-state index in [9.17, 15) is 38.8 Å². The van der Waals surface area contributed by atoms with Crippen LogP contribution < -0.4 is 5.73 Å². The number of likely N-dealkylation sites (N-methyl/N-ethyl adjacent to an activating group) is 1. The minimum absolute atomic E-state index is 0.118. The molecule has 0 saturated carbocycles. The van der Waals surface area contributed by atoms with E-state index in [1.165, 1.54) is 17.2 Å². The quantitative estimate of drug-likeness (QED) is 0.0945. The summed E-state index contributed by atoms with van der Waals surface area (Å²) in [6.07, 6.45) is -13.6. The van der Waals surface area contributed by atoms with E-state index >= 15 is 0 Å². The Kier molecular flexibility index (Phi) is 10.3. The molecule has 2 aliphatic rings. The van der Waals surface area contributed by atoms with E-state index in [0.717, 1.165) is 0 Å². The lowest BCUT2D eigenvalue weighted by Crippen LogP contribution is -2.60. The third-order valence-corrected chi connectivity index (χ3v) is 10.2. The zero-order valence-corrected chi connectivity index (χ0v) is 24.6. The first kappa shape index (κ1) is 33.5. The number of aromatic nitrogens is 4. The number of thiol groups is 1. The summed E-state index contributed by atoms with van der Waals surface area (Å²) in [5.41, 5.74) is 6.44. The Hall–Kier alpha value is -1.39. The fourth-order valence-electron chi connectivity index (χ4n) is 4.55. The zero-order chi connectivity index (χ0) is 31.1. The van der Waals surface area contributed by atoms with Gasteiger partial charge < -0.3 is 45.6 Å². The SMILES string of the molecule is CN(C)[C@@H]1[C@H](O)[C@@H](COP(=O)(S)OP(=O)(O)OC2OC([C@@H](F)CO)C(O)C(O)C2O)O[C@H]1n1cnc2c(N)ncnc21. The van der Waals surface area contributed by atoms with E-state index in [2.05, 4.69) is 36.0 Å². The van der Waals surface area contributed by atoms with Crippen LogP contribution >= 0.6 is 26.9 Å². The number of rotatable bonds is 11. The standard InChI is InChI=1S/C19H31FN6O13P2S/c1-25(2)10-11(28)8(36-18(10)26-6-24-9-16(21)22-5-23-17(9)26)4-35-41(34,42)39-40(32,33)38-19-14(31)12(29)13(30)15(37-19)7(20)3-27/h5-8,10-15,18-19,27-31H,3-4H2,1-2H3,(H,32,33)(H,34,42)(H2,21,22,23)/t7-,8+,10+,11+,12?,13?,14?,15?,18+,19?,41?/m0/s1. The van der Waals surface area contributed by atoms with Crippen LogP contribution in [-0.2, 0) is 32.0 Å². The molecule has 23 heteroatoms. The van der Waals surface area contributed by atoms with Crippen molar-refractivity contribution in [3.05, 3.63) is 12.7 Å². The molecular weight excluding hydrogens is 633 g/mol. The molecular formula is C19H31FN6O13P2S. The molecule has 42 heavy (non-hydrogen) atoms. The highest BCUT2D eigenvalue weighted by molar-refractivity contribution is 8.45. The number of hydrogen-bond acceptors (Lipinski definition) is 17. The zero-order valence-electron chi connectivity index (χ0n) is 21.9. The molecule has 0 amide bonds. The number of phosphoric ester groups is 1. The van der Waals surface area contributed by atoms with Gasteiger partial charge in [-0.15, -0.1) is 0 Å². The first-order chi connectivity index (χ1) is 19.6. The van der Waals surface area contributed by atoms with E-state index in [0.29, 0.717) is 11.2 Å². The van der Waals surface area contributed by atoms with E-state index in [-0.39, 0.29) is 5.82 Å². The van der Waals surface area contributed by atoms with Crippen LogP contribution in [0.5, 0.6) is 0 Å². The number of hydrogen-bond donors (Lipinski definition) is 8. The summed E-state index contributed by atoms with van der Waals surface area (Å²) >= 11 is 3.64. The van der Waals surface area contributed by atoms with E-state index in [1.54, 1.807) is 19.0 Å². The molecule has 12 atom stereocenters. The van der Waals surface area contributed by atoms with Crippen LogP contribution in [-0.4, -0.2) is 137 Å². The van der Waals surface area contributed by atoms with Crippen molar-refractivity contribution in [1.82, 2.24) is 24.4 Å². The number of nitrogen functional groups attached to an aromatic ring is 1. The smallest absolute Gasteiger partial charge is 0.393 e. The monoisotopic (exact) mass is 664 g/mol. The number of anilines is 1. The topological polar surface area (TPSA) is 275 Å². The summed E-state index contributed by atoms with van der Waals surface area (Å²) in [6.45, 7) is -6.62. The molecule has 8 N–H and O–H groups in total. The van der Waals surface area contributed by atoms with Crippen LogP contribution in [0.4, 0.5) is 10.2 Å². The van der Waals surface area contributed by atoms with Crippen molar-refractivity contribution in [3.63, 3.8) is 0 Å². The number of halogens is 1. The molecule has 2 aromatic heterocycles. The number of phosphoric acid groups is 1. The molecule has 2 saturated heterocycles. The van der Waals surface area contributed by atoms with E-state index in [1.807, 2.05) is 0 Å². The molecule has 4 rings (SSSR count). The molecule has 238 valence electrons. The minimum atomic E-state index is -5.50. The minimum Gasteiger partial charge on any atom is -0.393 e. The largest absolute Gasteiger partial charge is 0.482 e. The predicted octanol–water partition coefficient (Wildman–Crippen LogP) is -2.08. The second kappa shape index (κ2) is 12.9. The number of ether oxygens (including phenoxy) is 2. The molecule has 0 aliphatic carbocycles. The highest BCUT2D eigenvalue weighted by atomic mass is 32.7. The summed E-state index contributed by atoms with van der Waals surface area (Å²) in [6, 6.07) is -0.724. The van der Waals surface area contributed by atoms with E-state index < -0.39 is 89.2 Å². The molecule has 2 aromatic rings. The lowest BCUT2D eigenvalue weighted by Gasteiger charge is -2.41. The van der Waals surface area contributed by atoms with Crippen molar-refractivity contribution < 1.29 is 66.8 Å². The van der Waals surface area contributed by atoms with Crippen LogP contribution in [0, 0.1) is 0 Å². The third kappa shape index (κ3) is 6.96. The summed E-state index contributed by atoms with van der Waals surface area (Å²) in [4.78, 5) is 24.0. The van der Waals surface area contributed by atoms with Gasteiger partial charge in [-0.1, -0.05) is 12.2 Å². The lowest BCUT2D eigenvalue weighted by atomic mass is 9.96. The second-order valence-electron chi connectivity index (χ2n) is 9.65. The van der Waals surface area contributed by atoms with Crippen LogP contribution in [0.25, 0.3) is 11.2 Å². The van der Waals surface area contributed by atoms with Gasteiger partial charge in [-0.25, -0.2) is 28.5 Å². The maximum atomic E-state index is 13.9. The summed E-state index contributed by atoms with van der Waals surface area (Å²) in [5, 5.41) is 49.8. The first-order valence-corrected chi connectivity index (χ1v) is 16.3. The molecule has 0 spiro atoms. The van der Waals surface area contributed by atoms with Gasteiger partial charge in [-0.2, -0.15) is 4.31 Å². The Labute approximate surface area is 242 Å². The van der Waals surface area contributed by atoms with Crippen LogP contribution in [0.15, 0.2) is 12.7 Å². The maximum absolute atomic E-state index is 13.9. The molecule has 2 aliphatic heterocycles. The van der Waals surface area contributed by atoms with Crippen molar-refractivity contribution in [2.75, 3.05) is 33.0 Å². The van der Waals surface area contributed by atoms with Gasteiger partial charge in [0.2, 0.25) is 0 Å². The second-order valence-corrected chi connectivity index (χ2v) is 14.1. The maximum Gasteiger partial charge on any atom is 0.482 e. The van der Waals surface area contributed by atoms with Gasteiger partial charge in [0.15, 0.2) is 30.2 Å². The summed E-state index contributed by atoms with van der Waals surface area (Å²) < 4.78 is 65.8. The van der Waals surface area contributed by atoms with Crippen molar-refractivity contribution in [2.45, 2.75) is 61.4 Å². The highest BCUT2D eigenvalue weighted by Gasteiger charge is 2.51. The van der Waals surface area contributed by atoms with E-state index in [4.69, 9.17) is 24.8 Å². The molecule has 19 nitrogen and oxygen atoms in total.